The summed E-state index contributed by atoms with van der Waals surface area (Å²) in [6.45, 7) is 2.13. The van der Waals surface area contributed by atoms with Gasteiger partial charge >= 0.3 is 0 Å². The molecular weight excluding hydrogens is 305 g/mol. The van der Waals surface area contributed by atoms with Crippen molar-refractivity contribution in [1.82, 2.24) is 5.32 Å². The van der Waals surface area contributed by atoms with E-state index in [0.717, 1.165) is 12.0 Å². The Hall–Kier alpha value is -1.19. The summed E-state index contributed by atoms with van der Waals surface area (Å²) in [6, 6.07) is 13.7. The SMILES string of the molecule is CCC(NC)c1cccc(-c2cccc(Br)c2F)c1. The number of rotatable bonds is 4. The summed E-state index contributed by atoms with van der Waals surface area (Å²) in [5.41, 5.74) is 2.72. The van der Waals surface area contributed by atoms with Gasteiger partial charge in [-0.2, -0.15) is 0 Å². The van der Waals surface area contributed by atoms with Crippen LogP contribution in [0.2, 0.25) is 0 Å². The van der Waals surface area contributed by atoms with Crippen LogP contribution in [0.25, 0.3) is 11.1 Å². The van der Waals surface area contributed by atoms with Crippen molar-refractivity contribution >= 4 is 15.9 Å². The molecule has 2 aromatic rings. The minimum atomic E-state index is -0.211. The topological polar surface area (TPSA) is 12.0 Å². The van der Waals surface area contributed by atoms with Crippen LogP contribution in [0.5, 0.6) is 0 Å². The van der Waals surface area contributed by atoms with E-state index in [4.69, 9.17) is 0 Å². The maximum Gasteiger partial charge on any atom is 0.145 e. The predicted octanol–water partition coefficient (Wildman–Crippen LogP) is 4.93. The highest BCUT2D eigenvalue weighted by molar-refractivity contribution is 9.10. The van der Waals surface area contributed by atoms with Gasteiger partial charge in [0, 0.05) is 11.6 Å². The molecular formula is C16H17BrFN. The summed E-state index contributed by atoms with van der Waals surface area (Å²) >= 11 is 3.23. The van der Waals surface area contributed by atoms with Gasteiger partial charge in [-0.25, -0.2) is 4.39 Å². The molecule has 0 bridgehead atoms. The Morgan fingerprint density at radius 2 is 1.95 bits per heavy atom. The van der Waals surface area contributed by atoms with Crippen molar-refractivity contribution in [3.05, 3.63) is 58.3 Å². The van der Waals surface area contributed by atoms with E-state index in [2.05, 4.69) is 40.3 Å². The molecule has 100 valence electrons. The lowest BCUT2D eigenvalue weighted by atomic mass is 9.98. The fourth-order valence-corrected chi connectivity index (χ4v) is 2.62. The molecule has 0 aromatic heterocycles. The molecule has 0 radical (unpaired) electrons. The van der Waals surface area contributed by atoms with Gasteiger partial charge in [0.1, 0.15) is 5.82 Å². The van der Waals surface area contributed by atoms with Crippen LogP contribution in [0.1, 0.15) is 24.9 Å². The van der Waals surface area contributed by atoms with Gasteiger partial charge in [-0.1, -0.05) is 37.3 Å². The molecule has 0 fully saturated rings. The highest BCUT2D eigenvalue weighted by Crippen LogP contribution is 2.29. The molecule has 1 atom stereocenters. The smallest absolute Gasteiger partial charge is 0.145 e. The molecule has 0 spiro atoms. The Morgan fingerprint density at radius 3 is 2.63 bits per heavy atom. The fraction of sp³-hybridized carbons (Fsp3) is 0.250. The molecule has 2 rings (SSSR count). The quantitative estimate of drug-likeness (QED) is 0.842. The van der Waals surface area contributed by atoms with E-state index in [-0.39, 0.29) is 5.82 Å². The van der Waals surface area contributed by atoms with Gasteiger partial charge in [-0.3, -0.25) is 0 Å². The number of nitrogens with one attached hydrogen (secondary N) is 1. The number of halogens is 2. The molecule has 0 amide bonds. The van der Waals surface area contributed by atoms with Crippen molar-refractivity contribution in [3.8, 4) is 11.1 Å². The van der Waals surface area contributed by atoms with Crippen molar-refractivity contribution in [2.75, 3.05) is 7.05 Å². The first kappa shape index (κ1) is 14.2. The second-order valence-electron chi connectivity index (χ2n) is 4.48. The zero-order valence-corrected chi connectivity index (χ0v) is 12.7. The fourth-order valence-electron chi connectivity index (χ4n) is 2.26. The van der Waals surface area contributed by atoms with E-state index in [1.165, 1.54) is 5.56 Å². The second-order valence-corrected chi connectivity index (χ2v) is 5.33. The summed E-state index contributed by atoms with van der Waals surface area (Å²) in [5.74, 6) is -0.211. The highest BCUT2D eigenvalue weighted by atomic mass is 79.9. The lowest BCUT2D eigenvalue weighted by molar-refractivity contribution is 0.577. The normalized spacial score (nSPS) is 12.4. The van der Waals surface area contributed by atoms with Crippen LogP contribution in [-0.4, -0.2) is 7.05 Å². The molecule has 1 unspecified atom stereocenters. The summed E-state index contributed by atoms with van der Waals surface area (Å²) in [7, 11) is 1.94. The molecule has 0 saturated carbocycles. The summed E-state index contributed by atoms with van der Waals surface area (Å²) in [4.78, 5) is 0. The lowest BCUT2D eigenvalue weighted by Gasteiger charge is -2.15. The zero-order chi connectivity index (χ0) is 13.8. The predicted molar refractivity (Wildman–Crippen MR) is 81.6 cm³/mol. The van der Waals surface area contributed by atoms with Gasteiger partial charge < -0.3 is 5.32 Å². The van der Waals surface area contributed by atoms with Gasteiger partial charge in [-0.05, 0) is 52.7 Å². The van der Waals surface area contributed by atoms with E-state index >= 15 is 0 Å². The van der Waals surface area contributed by atoms with Gasteiger partial charge in [0.2, 0.25) is 0 Å². The van der Waals surface area contributed by atoms with Gasteiger partial charge in [0.25, 0.3) is 0 Å². The van der Waals surface area contributed by atoms with Crippen molar-refractivity contribution in [2.24, 2.45) is 0 Å². The number of hydrogen-bond donors (Lipinski definition) is 1. The molecule has 19 heavy (non-hydrogen) atoms. The van der Waals surface area contributed by atoms with Crippen LogP contribution in [0.3, 0.4) is 0 Å². The maximum absolute atomic E-state index is 14.1. The minimum absolute atomic E-state index is 0.211. The van der Waals surface area contributed by atoms with Crippen LogP contribution in [0.4, 0.5) is 4.39 Å². The zero-order valence-electron chi connectivity index (χ0n) is 11.1. The van der Waals surface area contributed by atoms with E-state index < -0.39 is 0 Å². The van der Waals surface area contributed by atoms with Crippen molar-refractivity contribution in [1.29, 1.82) is 0 Å². The van der Waals surface area contributed by atoms with Crippen LogP contribution in [-0.2, 0) is 0 Å². The molecule has 0 aliphatic rings. The molecule has 3 heteroatoms. The maximum atomic E-state index is 14.1. The molecule has 0 saturated heterocycles. The number of benzene rings is 2. The van der Waals surface area contributed by atoms with Crippen molar-refractivity contribution in [3.63, 3.8) is 0 Å². The molecule has 2 aromatic carbocycles. The average Bonchev–Trinajstić information content (AvgIpc) is 2.44. The largest absolute Gasteiger partial charge is 0.313 e. The van der Waals surface area contributed by atoms with Crippen LogP contribution >= 0.6 is 15.9 Å². The third-order valence-electron chi connectivity index (χ3n) is 3.31. The van der Waals surface area contributed by atoms with Gasteiger partial charge in [-0.15, -0.1) is 0 Å². The van der Waals surface area contributed by atoms with Crippen LogP contribution < -0.4 is 5.32 Å². The first-order valence-electron chi connectivity index (χ1n) is 6.39. The molecule has 0 heterocycles. The molecule has 0 aliphatic heterocycles. The Kier molecular flexibility index (Phi) is 4.72. The van der Waals surface area contributed by atoms with Crippen molar-refractivity contribution < 1.29 is 4.39 Å². The average molecular weight is 322 g/mol. The second kappa shape index (κ2) is 6.31. The number of hydrogen-bond acceptors (Lipinski definition) is 1. The summed E-state index contributed by atoms with van der Waals surface area (Å²) in [5, 5.41) is 3.27. The minimum Gasteiger partial charge on any atom is -0.313 e. The van der Waals surface area contributed by atoms with E-state index in [1.807, 2.05) is 25.2 Å². The third kappa shape index (κ3) is 3.04. The Morgan fingerprint density at radius 1 is 1.21 bits per heavy atom. The van der Waals surface area contributed by atoms with E-state index in [0.29, 0.717) is 16.1 Å². The summed E-state index contributed by atoms with van der Waals surface area (Å²) in [6.07, 6.45) is 1.00. The van der Waals surface area contributed by atoms with Crippen LogP contribution in [0, 0.1) is 5.82 Å². The Balaban J connectivity index is 2.46. The highest BCUT2D eigenvalue weighted by Gasteiger charge is 2.11. The first-order chi connectivity index (χ1) is 9.17. The monoisotopic (exact) mass is 321 g/mol. The van der Waals surface area contributed by atoms with Crippen molar-refractivity contribution in [2.45, 2.75) is 19.4 Å². The first-order valence-corrected chi connectivity index (χ1v) is 7.18. The summed E-state index contributed by atoms with van der Waals surface area (Å²) < 4.78 is 14.6. The molecule has 0 aliphatic carbocycles. The standard InChI is InChI=1S/C16H17BrFN/c1-3-15(19-2)12-7-4-6-11(10-12)13-8-5-9-14(17)16(13)18/h4-10,15,19H,3H2,1-2H3. The molecule has 1 nitrogen and oxygen atoms in total. The Bertz CT molecular complexity index is 564. The molecule has 1 N–H and O–H groups in total. The Labute approximate surface area is 122 Å². The van der Waals surface area contributed by atoms with Crippen LogP contribution in [0.15, 0.2) is 46.9 Å². The van der Waals surface area contributed by atoms with E-state index in [9.17, 15) is 4.39 Å². The van der Waals surface area contributed by atoms with Gasteiger partial charge in [0.15, 0.2) is 0 Å². The van der Waals surface area contributed by atoms with E-state index in [1.54, 1.807) is 12.1 Å². The third-order valence-corrected chi connectivity index (χ3v) is 3.92. The lowest BCUT2D eigenvalue weighted by Crippen LogP contribution is -2.15. The van der Waals surface area contributed by atoms with Gasteiger partial charge in [0.05, 0.1) is 4.47 Å².